The van der Waals surface area contributed by atoms with Gasteiger partial charge in [0.25, 0.3) is 0 Å². The Morgan fingerprint density at radius 2 is 1.88 bits per heavy atom. The number of fused-ring (bicyclic) bond motifs is 2. The molecule has 1 fully saturated rings. The lowest BCUT2D eigenvalue weighted by Gasteiger charge is -2.38. The molecule has 0 spiro atoms. The minimum absolute atomic E-state index is 0.0362. The first-order chi connectivity index (χ1) is 16.1. The van der Waals surface area contributed by atoms with Gasteiger partial charge in [0.1, 0.15) is 11.6 Å². The number of piperazine rings is 1. The van der Waals surface area contributed by atoms with Crippen molar-refractivity contribution in [2.75, 3.05) is 49.6 Å². The highest BCUT2D eigenvalue weighted by atomic mass is 16.5. The molecule has 2 aliphatic rings. The van der Waals surface area contributed by atoms with Crippen LogP contribution >= 0.6 is 0 Å². The number of phenolic OH excluding ortho intramolecular Hbond substituents is 1. The number of carbonyl (C=O) groups is 1. The maximum atomic E-state index is 12.0. The number of phenols is 1. The van der Waals surface area contributed by atoms with E-state index >= 15 is 0 Å². The van der Waals surface area contributed by atoms with E-state index in [1.54, 1.807) is 13.2 Å². The third kappa shape index (κ3) is 3.92. The number of hydrogen-bond acceptors (Lipinski definition) is 7. The number of rotatable bonds is 4. The van der Waals surface area contributed by atoms with E-state index in [0.29, 0.717) is 38.7 Å². The molecule has 3 aromatic rings. The van der Waals surface area contributed by atoms with Gasteiger partial charge in [0.15, 0.2) is 0 Å². The first kappa shape index (κ1) is 21.1. The second-order valence-corrected chi connectivity index (χ2v) is 8.33. The van der Waals surface area contributed by atoms with Crippen LogP contribution in [-0.4, -0.2) is 65.7 Å². The summed E-state index contributed by atoms with van der Waals surface area (Å²) in [5.41, 5.74) is 3.05. The Labute approximate surface area is 192 Å². The minimum atomic E-state index is -0.0362. The lowest BCUT2D eigenvalue weighted by atomic mass is 10.0. The molecule has 1 aromatic heterocycles. The van der Waals surface area contributed by atoms with Crippen LogP contribution in [0.25, 0.3) is 10.8 Å². The van der Waals surface area contributed by atoms with Crippen molar-refractivity contribution >= 4 is 28.2 Å². The molecule has 0 radical (unpaired) electrons. The van der Waals surface area contributed by atoms with Crippen molar-refractivity contribution in [3.05, 3.63) is 60.3 Å². The van der Waals surface area contributed by atoms with Gasteiger partial charge in [0.2, 0.25) is 5.91 Å². The quantitative estimate of drug-likeness (QED) is 0.619. The minimum Gasteiger partial charge on any atom is -0.508 e. The van der Waals surface area contributed by atoms with Gasteiger partial charge in [0.05, 0.1) is 19.3 Å². The SMILES string of the molecule is C=CC(=O)N1CCN(c2nc(OC)nc3c2CCN(c2cc(O)cc4ccccc24)C3)CC1. The summed E-state index contributed by atoms with van der Waals surface area (Å²) in [5, 5.41) is 12.4. The summed E-state index contributed by atoms with van der Waals surface area (Å²) < 4.78 is 5.43. The van der Waals surface area contributed by atoms with E-state index in [4.69, 9.17) is 9.72 Å². The van der Waals surface area contributed by atoms with E-state index in [-0.39, 0.29) is 11.7 Å². The molecule has 0 unspecified atom stereocenters. The topological polar surface area (TPSA) is 82.0 Å². The molecule has 2 aromatic carbocycles. The molecule has 33 heavy (non-hydrogen) atoms. The monoisotopic (exact) mass is 445 g/mol. The van der Waals surface area contributed by atoms with Crippen LogP contribution in [0.3, 0.4) is 0 Å². The summed E-state index contributed by atoms with van der Waals surface area (Å²) in [7, 11) is 1.58. The van der Waals surface area contributed by atoms with Crippen LogP contribution in [0.5, 0.6) is 11.8 Å². The Kier molecular flexibility index (Phi) is 5.50. The highest BCUT2D eigenvalue weighted by Gasteiger charge is 2.28. The van der Waals surface area contributed by atoms with Gasteiger partial charge in [-0.05, 0) is 23.9 Å². The van der Waals surface area contributed by atoms with Crippen LogP contribution in [0.4, 0.5) is 11.5 Å². The molecule has 0 saturated carbocycles. The first-order valence-corrected chi connectivity index (χ1v) is 11.1. The number of aromatic nitrogens is 2. The summed E-state index contributed by atoms with van der Waals surface area (Å²) in [4.78, 5) is 27.6. The van der Waals surface area contributed by atoms with E-state index < -0.39 is 0 Å². The number of benzene rings is 2. The average Bonchev–Trinajstić information content (AvgIpc) is 2.86. The zero-order valence-corrected chi connectivity index (χ0v) is 18.7. The van der Waals surface area contributed by atoms with Crippen molar-refractivity contribution in [2.24, 2.45) is 0 Å². The lowest BCUT2D eigenvalue weighted by Crippen LogP contribution is -2.49. The molecule has 8 heteroatoms. The van der Waals surface area contributed by atoms with E-state index in [2.05, 4.69) is 27.4 Å². The number of anilines is 2. The number of nitrogens with zero attached hydrogens (tertiary/aromatic N) is 5. The fourth-order valence-electron chi connectivity index (χ4n) is 4.75. The van der Waals surface area contributed by atoms with Crippen molar-refractivity contribution in [3.8, 4) is 11.8 Å². The molecule has 2 aliphatic heterocycles. The fraction of sp³-hybridized carbons (Fsp3) is 0.320. The summed E-state index contributed by atoms with van der Waals surface area (Å²) >= 11 is 0. The Balaban J connectivity index is 1.46. The van der Waals surface area contributed by atoms with E-state index in [0.717, 1.165) is 46.5 Å². The summed E-state index contributed by atoms with van der Waals surface area (Å²) in [6.07, 6.45) is 2.15. The van der Waals surface area contributed by atoms with Crippen LogP contribution in [0.2, 0.25) is 0 Å². The van der Waals surface area contributed by atoms with E-state index in [1.807, 2.05) is 29.2 Å². The van der Waals surface area contributed by atoms with Crippen LogP contribution in [0, 0.1) is 0 Å². The highest BCUT2D eigenvalue weighted by molar-refractivity contribution is 5.95. The third-order valence-electron chi connectivity index (χ3n) is 6.44. The summed E-state index contributed by atoms with van der Waals surface area (Å²) in [5.74, 6) is 1.11. The predicted octanol–water partition coefficient (Wildman–Crippen LogP) is 2.74. The van der Waals surface area contributed by atoms with Crippen LogP contribution in [0.1, 0.15) is 11.3 Å². The molecule has 1 saturated heterocycles. The molecule has 1 amide bonds. The lowest BCUT2D eigenvalue weighted by molar-refractivity contribution is -0.126. The second kappa shape index (κ2) is 8.61. The van der Waals surface area contributed by atoms with Gasteiger partial charge in [-0.15, -0.1) is 0 Å². The zero-order chi connectivity index (χ0) is 22.9. The van der Waals surface area contributed by atoms with Gasteiger partial charge in [-0.25, -0.2) is 0 Å². The third-order valence-corrected chi connectivity index (χ3v) is 6.44. The zero-order valence-electron chi connectivity index (χ0n) is 18.7. The maximum Gasteiger partial charge on any atom is 0.318 e. The number of ether oxygens (including phenoxy) is 1. The largest absolute Gasteiger partial charge is 0.508 e. The predicted molar refractivity (Wildman–Crippen MR) is 128 cm³/mol. The van der Waals surface area contributed by atoms with Crippen LogP contribution < -0.4 is 14.5 Å². The Morgan fingerprint density at radius 1 is 1.09 bits per heavy atom. The molecule has 0 aliphatic carbocycles. The van der Waals surface area contributed by atoms with Gasteiger partial charge < -0.3 is 24.5 Å². The molecule has 0 atom stereocenters. The van der Waals surface area contributed by atoms with Gasteiger partial charge in [0, 0.05) is 55.4 Å². The Bertz CT molecular complexity index is 1220. The van der Waals surface area contributed by atoms with Crippen molar-refractivity contribution in [2.45, 2.75) is 13.0 Å². The fourth-order valence-corrected chi connectivity index (χ4v) is 4.75. The van der Waals surface area contributed by atoms with Crippen molar-refractivity contribution in [1.82, 2.24) is 14.9 Å². The molecule has 8 nitrogen and oxygen atoms in total. The van der Waals surface area contributed by atoms with Crippen LogP contribution in [-0.2, 0) is 17.8 Å². The molecule has 5 rings (SSSR count). The molecule has 1 N–H and O–H groups in total. The van der Waals surface area contributed by atoms with Crippen LogP contribution in [0.15, 0.2) is 49.1 Å². The molecule has 3 heterocycles. The second-order valence-electron chi connectivity index (χ2n) is 8.33. The number of carbonyl (C=O) groups excluding carboxylic acids is 1. The standard InChI is InChI=1S/C25H27N5O3/c1-3-23(32)28-10-12-29(13-11-28)24-20-8-9-30(16-21(20)26-25(27-24)33-2)22-15-18(31)14-17-6-4-5-7-19(17)22/h3-7,14-15,31H,1,8-13,16H2,2H3. The summed E-state index contributed by atoms with van der Waals surface area (Å²) in [6, 6.07) is 12.0. The van der Waals surface area contributed by atoms with Gasteiger partial charge in [-0.2, -0.15) is 9.97 Å². The smallest absolute Gasteiger partial charge is 0.318 e. The summed E-state index contributed by atoms with van der Waals surface area (Å²) in [6.45, 7) is 7.65. The van der Waals surface area contributed by atoms with Crippen molar-refractivity contribution in [1.29, 1.82) is 0 Å². The molecule has 0 bridgehead atoms. The number of methoxy groups -OCH3 is 1. The van der Waals surface area contributed by atoms with E-state index in [9.17, 15) is 9.90 Å². The Hall–Kier alpha value is -3.81. The van der Waals surface area contributed by atoms with Gasteiger partial charge >= 0.3 is 6.01 Å². The first-order valence-electron chi connectivity index (χ1n) is 11.1. The average molecular weight is 446 g/mol. The maximum absolute atomic E-state index is 12.0. The van der Waals surface area contributed by atoms with E-state index in [1.165, 1.54) is 6.08 Å². The molecular formula is C25H27N5O3. The van der Waals surface area contributed by atoms with Crippen molar-refractivity contribution in [3.63, 3.8) is 0 Å². The molecular weight excluding hydrogens is 418 g/mol. The Morgan fingerprint density at radius 3 is 2.64 bits per heavy atom. The highest BCUT2D eigenvalue weighted by Crippen LogP contribution is 2.36. The number of amides is 1. The van der Waals surface area contributed by atoms with Crippen molar-refractivity contribution < 1.29 is 14.6 Å². The van der Waals surface area contributed by atoms with Gasteiger partial charge in [-0.1, -0.05) is 30.8 Å². The number of hydrogen-bond donors (Lipinski definition) is 1. The molecule has 170 valence electrons. The normalized spacial score (nSPS) is 16.0. The van der Waals surface area contributed by atoms with Gasteiger partial charge in [-0.3, -0.25) is 4.79 Å². The number of aromatic hydroxyl groups is 1.